The van der Waals surface area contributed by atoms with Crippen LogP contribution in [0.4, 0.5) is 10.5 Å². The van der Waals surface area contributed by atoms with Gasteiger partial charge in [-0.1, -0.05) is 0 Å². The average molecular weight is 295 g/mol. The maximum atomic E-state index is 12.0. The Kier molecular flexibility index (Phi) is 4.41. The normalized spacial score (nSPS) is 17.6. The van der Waals surface area contributed by atoms with Crippen LogP contribution in [0.15, 0.2) is 12.4 Å². The van der Waals surface area contributed by atoms with Gasteiger partial charge in [-0.3, -0.25) is 14.3 Å². The first kappa shape index (κ1) is 14.8. The molecular formula is C12H17N5O4. The van der Waals surface area contributed by atoms with E-state index in [2.05, 4.69) is 15.7 Å². The second-order valence-electron chi connectivity index (χ2n) is 4.88. The molecule has 0 radical (unpaired) electrons. The molecule has 0 saturated carbocycles. The second kappa shape index (κ2) is 6.25. The maximum Gasteiger partial charge on any atom is 0.325 e. The van der Waals surface area contributed by atoms with Gasteiger partial charge in [0.05, 0.1) is 11.9 Å². The lowest BCUT2D eigenvalue weighted by Crippen LogP contribution is -2.38. The lowest BCUT2D eigenvalue weighted by atomic mass is 10.3. The summed E-state index contributed by atoms with van der Waals surface area (Å²) in [4.78, 5) is 35.1. The number of aromatic nitrogens is 2. The molecule has 1 fully saturated rings. The standard InChI is InChI=1S/C12H17N5O4/c1-8(18)14-9-2-3-16(5-9)12(21)15-10-4-13-17(6-10)7-11(19)20/h4,6,9H,2-3,5,7H2,1H3,(H,14,18)(H,15,21)(H,19,20). The molecule has 3 N–H and O–H groups in total. The molecule has 9 heteroatoms. The molecule has 9 nitrogen and oxygen atoms in total. The molecule has 3 amide bonds. The van der Waals surface area contributed by atoms with Crippen LogP contribution in [0, 0.1) is 0 Å². The van der Waals surface area contributed by atoms with Crippen LogP contribution in [0.3, 0.4) is 0 Å². The highest BCUT2D eigenvalue weighted by molar-refractivity contribution is 5.89. The van der Waals surface area contributed by atoms with Crippen LogP contribution >= 0.6 is 0 Å². The highest BCUT2D eigenvalue weighted by Crippen LogP contribution is 2.12. The molecule has 1 aromatic heterocycles. The number of aliphatic carboxylic acids is 1. The van der Waals surface area contributed by atoms with Gasteiger partial charge in [0.15, 0.2) is 0 Å². The Hall–Kier alpha value is -2.58. The number of carboxylic acid groups (broad SMARTS) is 1. The van der Waals surface area contributed by atoms with Crippen LogP contribution in [0.25, 0.3) is 0 Å². The molecule has 2 heterocycles. The van der Waals surface area contributed by atoms with Gasteiger partial charge < -0.3 is 20.6 Å². The summed E-state index contributed by atoms with van der Waals surface area (Å²) in [6, 6.07) is -0.319. The Morgan fingerprint density at radius 3 is 2.90 bits per heavy atom. The van der Waals surface area contributed by atoms with Crippen molar-refractivity contribution in [2.45, 2.75) is 25.9 Å². The van der Waals surface area contributed by atoms with Crippen LogP contribution in [-0.4, -0.2) is 56.8 Å². The molecule has 114 valence electrons. The molecule has 1 aromatic rings. The lowest BCUT2D eigenvalue weighted by molar-refractivity contribution is -0.137. The minimum absolute atomic E-state index is 0.0250. The van der Waals surface area contributed by atoms with Crippen molar-refractivity contribution < 1.29 is 19.5 Å². The monoisotopic (exact) mass is 295 g/mol. The molecule has 0 spiro atoms. The Balaban J connectivity index is 1.86. The van der Waals surface area contributed by atoms with E-state index in [1.54, 1.807) is 4.90 Å². The van der Waals surface area contributed by atoms with Gasteiger partial charge in [0.1, 0.15) is 6.54 Å². The van der Waals surface area contributed by atoms with E-state index in [9.17, 15) is 14.4 Å². The summed E-state index contributed by atoms with van der Waals surface area (Å²) in [6.07, 6.45) is 3.56. The molecule has 1 unspecified atom stereocenters. The van der Waals surface area contributed by atoms with E-state index < -0.39 is 5.97 Å². The number of anilines is 1. The van der Waals surface area contributed by atoms with Gasteiger partial charge in [-0.15, -0.1) is 0 Å². The van der Waals surface area contributed by atoms with E-state index in [-0.39, 0.29) is 24.5 Å². The number of carbonyl (C=O) groups is 3. The molecular weight excluding hydrogens is 278 g/mol. The maximum absolute atomic E-state index is 12.0. The van der Waals surface area contributed by atoms with Crippen molar-refractivity contribution in [2.24, 2.45) is 0 Å². The fraction of sp³-hybridized carbons (Fsp3) is 0.500. The predicted molar refractivity (Wildman–Crippen MR) is 72.7 cm³/mol. The van der Waals surface area contributed by atoms with Crippen LogP contribution in [-0.2, 0) is 16.1 Å². The molecule has 0 bridgehead atoms. The smallest absolute Gasteiger partial charge is 0.325 e. The van der Waals surface area contributed by atoms with Crippen molar-refractivity contribution >= 4 is 23.6 Å². The number of carbonyl (C=O) groups excluding carboxylic acids is 2. The van der Waals surface area contributed by atoms with E-state index in [4.69, 9.17) is 5.11 Å². The quantitative estimate of drug-likeness (QED) is 0.705. The first-order valence-corrected chi connectivity index (χ1v) is 6.51. The largest absolute Gasteiger partial charge is 0.480 e. The van der Waals surface area contributed by atoms with E-state index >= 15 is 0 Å². The summed E-state index contributed by atoms with van der Waals surface area (Å²) in [5, 5.41) is 17.9. The Morgan fingerprint density at radius 1 is 1.48 bits per heavy atom. The molecule has 0 aromatic carbocycles. The Bertz CT molecular complexity index is 556. The van der Waals surface area contributed by atoms with Gasteiger partial charge >= 0.3 is 12.0 Å². The number of urea groups is 1. The predicted octanol–water partition coefficient (Wildman–Crippen LogP) is -0.290. The summed E-state index contributed by atoms with van der Waals surface area (Å²) in [6.45, 7) is 2.19. The highest BCUT2D eigenvalue weighted by Gasteiger charge is 2.26. The zero-order valence-electron chi connectivity index (χ0n) is 11.6. The summed E-state index contributed by atoms with van der Waals surface area (Å²) >= 11 is 0. The van der Waals surface area contributed by atoms with Gasteiger partial charge in [-0.2, -0.15) is 5.10 Å². The fourth-order valence-corrected chi connectivity index (χ4v) is 2.21. The third kappa shape index (κ3) is 4.20. The molecule has 1 atom stereocenters. The summed E-state index contributed by atoms with van der Waals surface area (Å²) in [7, 11) is 0. The third-order valence-corrected chi connectivity index (χ3v) is 3.06. The Labute approximate surface area is 120 Å². The number of hydrogen-bond acceptors (Lipinski definition) is 4. The number of nitrogens with one attached hydrogen (secondary N) is 2. The van der Waals surface area contributed by atoms with Crippen LogP contribution < -0.4 is 10.6 Å². The number of likely N-dealkylation sites (tertiary alicyclic amines) is 1. The first-order valence-electron chi connectivity index (χ1n) is 6.51. The van der Waals surface area contributed by atoms with Crippen molar-refractivity contribution in [3.63, 3.8) is 0 Å². The number of nitrogens with zero attached hydrogens (tertiary/aromatic N) is 3. The topological polar surface area (TPSA) is 117 Å². The molecule has 0 aliphatic carbocycles. The van der Waals surface area contributed by atoms with E-state index in [1.807, 2.05) is 0 Å². The Morgan fingerprint density at radius 2 is 2.24 bits per heavy atom. The van der Waals surface area contributed by atoms with Gasteiger partial charge in [0.2, 0.25) is 5.91 Å². The van der Waals surface area contributed by atoms with Gasteiger partial charge in [0, 0.05) is 32.3 Å². The van der Waals surface area contributed by atoms with Crippen molar-refractivity contribution in [3.8, 4) is 0 Å². The first-order chi connectivity index (χ1) is 9.94. The van der Waals surface area contributed by atoms with Gasteiger partial charge in [-0.05, 0) is 6.42 Å². The zero-order chi connectivity index (χ0) is 15.4. The van der Waals surface area contributed by atoms with Gasteiger partial charge in [0.25, 0.3) is 0 Å². The minimum Gasteiger partial charge on any atom is -0.480 e. The number of rotatable bonds is 4. The highest BCUT2D eigenvalue weighted by atomic mass is 16.4. The molecule has 1 aliphatic heterocycles. The number of amides is 3. The molecule has 21 heavy (non-hydrogen) atoms. The SMILES string of the molecule is CC(=O)NC1CCN(C(=O)Nc2cnn(CC(=O)O)c2)C1. The van der Waals surface area contributed by atoms with Crippen LogP contribution in [0.1, 0.15) is 13.3 Å². The zero-order valence-corrected chi connectivity index (χ0v) is 11.6. The summed E-state index contributed by atoms with van der Waals surface area (Å²) in [5.74, 6) is -1.12. The molecule has 1 saturated heterocycles. The molecule has 2 rings (SSSR count). The average Bonchev–Trinajstić information content (AvgIpc) is 2.97. The van der Waals surface area contributed by atoms with Crippen LogP contribution in [0.5, 0.6) is 0 Å². The second-order valence-corrected chi connectivity index (χ2v) is 4.88. The fourth-order valence-electron chi connectivity index (χ4n) is 2.21. The summed E-state index contributed by atoms with van der Waals surface area (Å²) < 4.78 is 1.22. The van der Waals surface area contributed by atoms with Gasteiger partial charge in [-0.25, -0.2) is 4.79 Å². The minimum atomic E-state index is -1.01. The third-order valence-electron chi connectivity index (χ3n) is 3.06. The van der Waals surface area contributed by atoms with Crippen molar-refractivity contribution in [3.05, 3.63) is 12.4 Å². The number of carboxylic acids is 1. The van der Waals surface area contributed by atoms with Crippen molar-refractivity contribution in [1.29, 1.82) is 0 Å². The lowest BCUT2D eigenvalue weighted by Gasteiger charge is -2.16. The molecule has 1 aliphatic rings. The van der Waals surface area contributed by atoms with Crippen LogP contribution in [0.2, 0.25) is 0 Å². The van der Waals surface area contributed by atoms with E-state index in [0.29, 0.717) is 25.2 Å². The van der Waals surface area contributed by atoms with Crippen molar-refractivity contribution in [2.75, 3.05) is 18.4 Å². The van der Waals surface area contributed by atoms with Crippen molar-refractivity contribution in [1.82, 2.24) is 20.0 Å². The number of hydrogen-bond donors (Lipinski definition) is 3. The van der Waals surface area contributed by atoms with E-state index in [0.717, 1.165) is 0 Å². The summed E-state index contributed by atoms with van der Waals surface area (Å²) in [5.41, 5.74) is 0.434. The van der Waals surface area contributed by atoms with E-state index in [1.165, 1.54) is 24.0 Å².